The smallest absolute Gasteiger partial charge is 0.113 e. The molecule has 0 saturated carbocycles. The fraction of sp³-hybridized carbons (Fsp3) is 0.400. The molecule has 0 radical (unpaired) electrons. The zero-order valence-electron chi connectivity index (χ0n) is 8.06. The molecule has 0 spiro atoms. The number of hydrogen-bond acceptors (Lipinski definition) is 3. The van der Waals surface area contributed by atoms with E-state index in [1.54, 1.807) is 0 Å². The summed E-state index contributed by atoms with van der Waals surface area (Å²) in [7, 11) is 0. The van der Waals surface area contributed by atoms with Gasteiger partial charge in [-0.05, 0) is 30.4 Å². The van der Waals surface area contributed by atoms with Crippen molar-refractivity contribution in [3.63, 3.8) is 0 Å². The number of fused-ring (bicyclic) bond motifs is 1. The zero-order valence-corrected chi connectivity index (χ0v) is 9.63. The number of rotatable bonds is 1. The molecule has 78 valence electrons. The third kappa shape index (κ3) is 1.62. The van der Waals surface area contributed by atoms with Gasteiger partial charge in [0.1, 0.15) is 5.52 Å². The van der Waals surface area contributed by atoms with Crippen LogP contribution in [-0.2, 0) is 0 Å². The molecule has 15 heavy (non-hydrogen) atoms. The van der Waals surface area contributed by atoms with Crippen molar-refractivity contribution in [1.29, 1.82) is 0 Å². The Morgan fingerprint density at radius 2 is 2.40 bits per heavy atom. The highest BCUT2D eigenvalue weighted by Gasteiger charge is 2.20. The van der Waals surface area contributed by atoms with Crippen LogP contribution < -0.4 is 0 Å². The van der Waals surface area contributed by atoms with Crippen LogP contribution in [0.25, 0.3) is 11.0 Å². The molecule has 1 aromatic carbocycles. The van der Waals surface area contributed by atoms with Gasteiger partial charge in [-0.25, -0.2) is 4.68 Å². The minimum atomic E-state index is 0.485. The van der Waals surface area contributed by atoms with E-state index in [4.69, 9.17) is 11.6 Å². The maximum atomic E-state index is 5.98. The quantitative estimate of drug-likeness (QED) is 0.767. The van der Waals surface area contributed by atoms with E-state index >= 15 is 0 Å². The summed E-state index contributed by atoms with van der Waals surface area (Å²) >= 11 is 7.95. The normalized spacial score (nSPS) is 21.3. The lowest BCUT2D eigenvalue weighted by Crippen LogP contribution is -2.09. The molecular weight excluding hydrogens is 230 g/mol. The van der Waals surface area contributed by atoms with Crippen molar-refractivity contribution in [3.05, 3.63) is 23.2 Å². The maximum Gasteiger partial charge on any atom is 0.113 e. The van der Waals surface area contributed by atoms with Crippen molar-refractivity contribution >= 4 is 34.4 Å². The van der Waals surface area contributed by atoms with Gasteiger partial charge in [-0.1, -0.05) is 16.8 Å². The molecule has 2 aromatic rings. The molecule has 0 N–H and O–H groups in total. The Labute approximate surface area is 96.8 Å². The first-order valence-electron chi connectivity index (χ1n) is 4.93. The second-order valence-electron chi connectivity index (χ2n) is 3.68. The molecule has 5 heteroatoms. The van der Waals surface area contributed by atoms with Crippen LogP contribution in [0.3, 0.4) is 0 Å². The van der Waals surface area contributed by atoms with E-state index < -0.39 is 0 Å². The molecule has 1 aliphatic rings. The van der Waals surface area contributed by atoms with Crippen LogP contribution in [0.4, 0.5) is 0 Å². The highest BCUT2D eigenvalue weighted by Crippen LogP contribution is 2.30. The van der Waals surface area contributed by atoms with Gasteiger partial charge in [-0.2, -0.15) is 11.8 Å². The molecule has 1 aromatic heterocycles. The Bertz CT molecular complexity index is 490. The molecule has 3 nitrogen and oxygen atoms in total. The summed E-state index contributed by atoms with van der Waals surface area (Å²) in [4.78, 5) is 0. The fourth-order valence-electron chi connectivity index (χ4n) is 1.89. The van der Waals surface area contributed by atoms with Gasteiger partial charge in [0.15, 0.2) is 0 Å². The Balaban J connectivity index is 2.13. The lowest BCUT2D eigenvalue weighted by atomic mass is 10.2. The summed E-state index contributed by atoms with van der Waals surface area (Å²) in [6.07, 6.45) is 1.18. The SMILES string of the molecule is Clc1ccc2nnn(C3CCSC3)c2c1. The molecule has 1 atom stereocenters. The van der Waals surface area contributed by atoms with Gasteiger partial charge in [-0.15, -0.1) is 5.10 Å². The van der Waals surface area contributed by atoms with Gasteiger partial charge >= 0.3 is 0 Å². The Hall–Kier alpha value is -0.740. The van der Waals surface area contributed by atoms with E-state index in [0.29, 0.717) is 6.04 Å². The van der Waals surface area contributed by atoms with Crippen LogP contribution in [0.1, 0.15) is 12.5 Å². The van der Waals surface area contributed by atoms with Gasteiger partial charge < -0.3 is 0 Å². The van der Waals surface area contributed by atoms with Crippen molar-refractivity contribution < 1.29 is 0 Å². The minimum Gasteiger partial charge on any atom is -0.241 e. The monoisotopic (exact) mass is 239 g/mol. The molecule has 1 unspecified atom stereocenters. The Morgan fingerprint density at radius 1 is 1.47 bits per heavy atom. The van der Waals surface area contributed by atoms with Crippen LogP contribution in [-0.4, -0.2) is 26.5 Å². The summed E-state index contributed by atoms with van der Waals surface area (Å²) < 4.78 is 2.02. The molecule has 0 aliphatic carbocycles. The van der Waals surface area contributed by atoms with E-state index in [9.17, 15) is 0 Å². The number of hydrogen-bond donors (Lipinski definition) is 0. The average Bonchev–Trinajstić information content (AvgIpc) is 2.83. The summed E-state index contributed by atoms with van der Waals surface area (Å²) in [6.45, 7) is 0. The summed E-state index contributed by atoms with van der Waals surface area (Å²) in [6, 6.07) is 6.20. The molecule has 0 amide bonds. The molecule has 1 aliphatic heterocycles. The maximum absolute atomic E-state index is 5.98. The van der Waals surface area contributed by atoms with Crippen molar-refractivity contribution in [3.8, 4) is 0 Å². The highest BCUT2D eigenvalue weighted by atomic mass is 35.5. The lowest BCUT2D eigenvalue weighted by Gasteiger charge is -2.08. The number of thioether (sulfide) groups is 1. The van der Waals surface area contributed by atoms with E-state index in [2.05, 4.69) is 10.3 Å². The van der Waals surface area contributed by atoms with E-state index in [1.165, 1.54) is 12.2 Å². The van der Waals surface area contributed by atoms with Crippen molar-refractivity contribution in [2.45, 2.75) is 12.5 Å². The largest absolute Gasteiger partial charge is 0.241 e. The van der Waals surface area contributed by atoms with Gasteiger partial charge in [0.2, 0.25) is 0 Å². The highest BCUT2D eigenvalue weighted by molar-refractivity contribution is 7.99. The van der Waals surface area contributed by atoms with Gasteiger partial charge in [0, 0.05) is 10.8 Å². The predicted octanol–water partition coefficient (Wildman–Crippen LogP) is 2.76. The van der Waals surface area contributed by atoms with Crippen molar-refractivity contribution in [2.24, 2.45) is 0 Å². The molecule has 0 bridgehead atoms. The second kappa shape index (κ2) is 3.68. The second-order valence-corrected chi connectivity index (χ2v) is 5.27. The first-order valence-corrected chi connectivity index (χ1v) is 6.46. The molecule has 3 rings (SSSR count). The lowest BCUT2D eigenvalue weighted by molar-refractivity contribution is 0.501. The van der Waals surface area contributed by atoms with Gasteiger partial charge in [0.05, 0.1) is 11.6 Å². The van der Waals surface area contributed by atoms with Crippen molar-refractivity contribution in [1.82, 2.24) is 15.0 Å². The summed E-state index contributed by atoms with van der Waals surface area (Å²) in [5.74, 6) is 2.34. The first kappa shape index (κ1) is 9.48. The van der Waals surface area contributed by atoms with E-state index in [-0.39, 0.29) is 0 Å². The van der Waals surface area contributed by atoms with Crippen LogP contribution in [0.5, 0.6) is 0 Å². The zero-order chi connectivity index (χ0) is 10.3. The van der Waals surface area contributed by atoms with Gasteiger partial charge in [0.25, 0.3) is 0 Å². The van der Waals surface area contributed by atoms with E-state index in [0.717, 1.165) is 21.8 Å². The Morgan fingerprint density at radius 3 is 3.20 bits per heavy atom. The van der Waals surface area contributed by atoms with Crippen LogP contribution in [0, 0.1) is 0 Å². The molecule has 1 fully saturated rings. The molecular formula is C10H10ClN3S. The minimum absolute atomic E-state index is 0.485. The van der Waals surface area contributed by atoms with E-state index in [1.807, 2.05) is 34.6 Å². The summed E-state index contributed by atoms with van der Waals surface area (Å²) in [5.41, 5.74) is 1.98. The number of halogens is 1. The van der Waals surface area contributed by atoms with Crippen LogP contribution in [0.2, 0.25) is 5.02 Å². The fourth-order valence-corrected chi connectivity index (χ4v) is 3.25. The third-order valence-corrected chi connectivity index (χ3v) is 4.06. The van der Waals surface area contributed by atoms with Crippen LogP contribution >= 0.6 is 23.4 Å². The standard InChI is InChI=1S/C10H10ClN3S/c11-7-1-2-9-10(5-7)14(13-12-9)8-3-4-15-6-8/h1-2,5,8H,3-4,6H2. The predicted molar refractivity (Wildman–Crippen MR) is 63.5 cm³/mol. The summed E-state index contributed by atoms with van der Waals surface area (Å²) in [5, 5.41) is 9.11. The average molecular weight is 240 g/mol. The van der Waals surface area contributed by atoms with Crippen LogP contribution in [0.15, 0.2) is 18.2 Å². The topological polar surface area (TPSA) is 30.7 Å². The number of nitrogens with zero attached hydrogens (tertiary/aromatic N) is 3. The molecule has 2 heterocycles. The number of aromatic nitrogens is 3. The van der Waals surface area contributed by atoms with Crippen molar-refractivity contribution in [2.75, 3.05) is 11.5 Å². The Kier molecular flexibility index (Phi) is 2.33. The third-order valence-electron chi connectivity index (χ3n) is 2.68. The molecule has 1 saturated heterocycles. The van der Waals surface area contributed by atoms with Gasteiger partial charge in [-0.3, -0.25) is 0 Å². The number of benzene rings is 1. The first-order chi connectivity index (χ1) is 7.34.